The first-order valence-corrected chi connectivity index (χ1v) is 6.38. The van der Waals surface area contributed by atoms with E-state index in [2.05, 4.69) is 16.8 Å². The number of hydrogen-bond donors (Lipinski definition) is 0. The number of benzene rings is 1. The summed E-state index contributed by atoms with van der Waals surface area (Å²) in [7, 11) is 0. The zero-order valence-electron chi connectivity index (χ0n) is 10.2. The van der Waals surface area contributed by atoms with Crippen molar-refractivity contribution in [3.05, 3.63) is 30.2 Å². The number of rotatable bonds is 2. The van der Waals surface area contributed by atoms with E-state index in [-0.39, 0.29) is 0 Å². The van der Waals surface area contributed by atoms with Crippen LogP contribution in [0.2, 0.25) is 0 Å². The summed E-state index contributed by atoms with van der Waals surface area (Å²) in [6.07, 6.45) is 2.64. The molecule has 1 fully saturated rings. The number of likely N-dealkylation sites (tertiary alicyclic amines) is 1. The van der Waals surface area contributed by atoms with Crippen LogP contribution in [0.4, 0.5) is 0 Å². The lowest BCUT2D eigenvalue weighted by molar-refractivity contribution is 0.164. The van der Waals surface area contributed by atoms with Crippen LogP contribution in [0, 0.1) is 5.92 Å². The van der Waals surface area contributed by atoms with Crippen LogP contribution in [0.15, 0.2) is 28.7 Å². The zero-order valence-corrected chi connectivity index (χ0v) is 10.2. The molecule has 3 nitrogen and oxygen atoms in total. The molecule has 17 heavy (non-hydrogen) atoms. The molecule has 1 atom stereocenters. The average molecular weight is 230 g/mol. The number of nitrogens with zero attached hydrogens (tertiary/aromatic N) is 2. The van der Waals surface area contributed by atoms with E-state index in [4.69, 9.17) is 4.42 Å². The molecule has 0 aliphatic carbocycles. The maximum absolute atomic E-state index is 5.75. The fourth-order valence-electron chi connectivity index (χ4n) is 2.61. The number of aromatic nitrogens is 1. The Kier molecular flexibility index (Phi) is 2.85. The van der Waals surface area contributed by atoms with E-state index in [1.165, 1.54) is 25.9 Å². The highest BCUT2D eigenvalue weighted by Crippen LogP contribution is 2.20. The summed E-state index contributed by atoms with van der Waals surface area (Å²) >= 11 is 0. The van der Waals surface area contributed by atoms with E-state index >= 15 is 0 Å². The molecule has 0 saturated carbocycles. The second kappa shape index (κ2) is 4.49. The van der Waals surface area contributed by atoms with Gasteiger partial charge in [0, 0.05) is 6.54 Å². The molecule has 1 aromatic carbocycles. The molecule has 1 aromatic heterocycles. The number of fused-ring (bicyclic) bond motifs is 1. The molecular weight excluding hydrogens is 212 g/mol. The average Bonchev–Trinajstić information content (AvgIpc) is 2.71. The smallest absolute Gasteiger partial charge is 0.209 e. The summed E-state index contributed by atoms with van der Waals surface area (Å²) in [4.78, 5) is 6.97. The zero-order chi connectivity index (χ0) is 11.7. The minimum Gasteiger partial charge on any atom is -0.439 e. The largest absolute Gasteiger partial charge is 0.439 e. The molecule has 3 rings (SSSR count). The summed E-state index contributed by atoms with van der Waals surface area (Å²) in [5, 5.41) is 0. The Balaban J connectivity index is 1.75. The Morgan fingerprint density at radius 3 is 3.12 bits per heavy atom. The van der Waals surface area contributed by atoms with Gasteiger partial charge in [-0.15, -0.1) is 0 Å². The van der Waals surface area contributed by atoms with Gasteiger partial charge in [0.05, 0.1) is 6.54 Å². The lowest BCUT2D eigenvalue weighted by Gasteiger charge is -2.29. The molecule has 1 aliphatic heterocycles. The molecule has 1 saturated heterocycles. The van der Waals surface area contributed by atoms with Gasteiger partial charge in [-0.2, -0.15) is 0 Å². The number of oxazole rings is 1. The normalized spacial score (nSPS) is 22.1. The number of piperidine rings is 1. The highest BCUT2D eigenvalue weighted by Gasteiger charge is 2.18. The van der Waals surface area contributed by atoms with E-state index < -0.39 is 0 Å². The van der Waals surface area contributed by atoms with Gasteiger partial charge in [-0.1, -0.05) is 19.1 Å². The third-order valence-corrected chi connectivity index (χ3v) is 3.44. The van der Waals surface area contributed by atoms with Gasteiger partial charge in [-0.25, -0.2) is 4.98 Å². The molecule has 2 heterocycles. The lowest BCUT2D eigenvalue weighted by atomic mass is 10.0. The van der Waals surface area contributed by atoms with Gasteiger partial charge in [0.25, 0.3) is 0 Å². The van der Waals surface area contributed by atoms with Crippen molar-refractivity contribution in [1.82, 2.24) is 9.88 Å². The molecule has 0 N–H and O–H groups in total. The summed E-state index contributed by atoms with van der Waals surface area (Å²) in [6.45, 7) is 5.50. The van der Waals surface area contributed by atoms with Gasteiger partial charge in [0.2, 0.25) is 5.89 Å². The summed E-state index contributed by atoms with van der Waals surface area (Å²) in [6, 6.07) is 7.96. The van der Waals surface area contributed by atoms with Gasteiger partial charge in [0.1, 0.15) is 5.52 Å². The molecule has 1 aliphatic rings. The van der Waals surface area contributed by atoms with E-state index in [0.717, 1.165) is 29.5 Å². The maximum atomic E-state index is 5.75. The Morgan fingerprint density at radius 2 is 2.29 bits per heavy atom. The van der Waals surface area contributed by atoms with Crippen molar-refractivity contribution >= 4 is 11.1 Å². The van der Waals surface area contributed by atoms with Gasteiger partial charge >= 0.3 is 0 Å². The number of para-hydroxylation sites is 2. The Morgan fingerprint density at radius 1 is 1.41 bits per heavy atom. The van der Waals surface area contributed by atoms with Crippen LogP contribution in [0.1, 0.15) is 25.7 Å². The highest BCUT2D eigenvalue weighted by molar-refractivity contribution is 5.72. The monoisotopic (exact) mass is 230 g/mol. The van der Waals surface area contributed by atoms with Gasteiger partial charge < -0.3 is 4.42 Å². The number of hydrogen-bond acceptors (Lipinski definition) is 3. The fraction of sp³-hybridized carbons (Fsp3) is 0.500. The van der Waals surface area contributed by atoms with Crippen LogP contribution in [-0.2, 0) is 6.54 Å². The van der Waals surface area contributed by atoms with Crippen molar-refractivity contribution in [2.45, 2.75) is 26.3 Å². The SMILES string of the molecule is CC1CCCN(Cc2nc3ccccc3o2)C1. The van der Waals surface area contributed by atoms with E-state index in [1.807, 2.05) is 24.3 Å². The van der Waals surface area contributed by atoms with Crippen molar-refractivity contribution in [1.29, 1.82) is 0 Å². The van der Waals surface area contributed by atoms with Crippen LogP contribution >= 0.6 is 0 Å². The van der Waals surface area contributed by atoms with Crippen LogP contribution in [0.5, 0.6) is 0 Å². The molecule has 90 valence electrons. The van der Waals surface area contributed by atoms with Crippen molar-refractivity contribution in [3.63, 3.8) is 0 Å². The first kappa shape index (κ1) is 10.8. The predicted octanol–water partition coefficient (Wildman–Crippen LogP) is 3.06. The third kappa shape index (κ3) is 2.34. The van der Waals surface area contributed by atoms with Crippen LogP contribution < -0.4 is 0 Å². The van der Waals surface area contributed by atoms with E-state index in [1.54, 1.807) is 0 Å². The molecule has 1 unspecified atom stereocenters. The minimum absolute atomic E-state index is 0.799. The summed E-state index contributed by atoms with van der Waals surface area (Å²) in [5.41, 5.74) is 1.86. The standard InChI is InChI=1S/C14H18N2O/c1-11-5-4-8-16(9-11)10-14-15-12-6-2-3-7-13(12)17-14/h2-3,6-7,11H,4-5,8-10H2,1H3. The summed E-state index contributed by atoms with van der Waals surface area (Å²) in [5.74, 6) is 1.65. The fourth-order valence-corrected chi connectivity index (χ4v) is 2.61. The van der Waals surface area contributed by atoms with Crippen molar-refractivity contribution in [3.8, 4) is 0 Å². The molecule has 3 heteroatoms. The molecule has 0 bridgehead atoms. The third-order valence-electron chi connectivity index (χ3n) is 3.44. The van der Waals surface area contributed by atoms with E-state index in [0.29, 0.717) is 0 Å². The molecular formula is C14H18N2O. The second-order valence-electron chi connectivity index (χ2n) is 5.06. The predicted molar refractivity (Wildman–Crippen MR) is 67.7 cm³/mol. The molecule has 0 radical (unpaired) electrons. The van der Waals surface area contributed by atoms with Crippen molar-refractivity contribution < 1.29 is 4.42 Å². The van der Waals surface area contributed by atoms with Gasteiger partial charge in [-0.05, 0) is 37.4 Å². The Bertz CT molecular complexity index is 473. The molecule has 2 aromatic rings. The first-order chi connectivity index (χ1) is 8.31. The van der Waals surface area contributed by atoms with Crippen molar-refractivity contribution in [2.75, 3.05) is 13.1 Å². The summed E-state index contributed by atoms with van der Waals surface area (Å²) < 4.78 is 5.75. The first-order valence-electron chi connectivity index (χ1n) is 6.38. The molecule has 0 spiro atoms. The highest BCUT2D eigenvalue weighted by atomic mass is 16.3. The van der Waals surface area contributed by atoms with Crippen LogP contribution in [-0.4, -0.2) is 23.0 Å². The topological polar surface area (TPSA) is 29.3 Å². The van der Waals surface area contributed by atoms with Gasteiger partial charge in [0.15, 0.2) is 5.58 Å². The Labute approximate surface area is 101 Å². The van der Waals surface area contributed by atoms with Crippen molar-refractivity contribution in [2.24, 2.45) is 5.92 Å². The quantitative estimate of drug-likeness (QED) is 0.794. The minimum atomic E-state index is 0.799. The van der Waals surface area contributed by atoms with Crippen LogP contribution in [0.25, 0.3) is 11.1 Å². The van der Waals surface area contributed by atoms with E-state index in [9.17, 15) is 0 Å². The second-order valence-corrected chi connectivity index (χ2v) is 5.06. The van der Waals surface area contributed by atoms with Gasteiger partial charge in [-0.3, -0.25) is 4.90 Å². The maximum Gasteiger partial charge on any atom is 0.209 e. The van der Waals surface area contributed by atoms with Crippen LogP contribution in [0.3, 0.4) is 0 Å². The molecule has 0 amide bonds. The Hall–Kier alpha value is -1.35. The lowest BCUT2D eigenvalue weighted by Crippen LogP contribution is -2.33.